The molecule has 0 fully saturated rings. The third-order valence-electron chi connectivity index (χ3n) is 4.79. The van der Waals surface area contributed by atoms with Crippen LogP contribution in [0.5, 0.6) is 17.2 Å². The van der Waals surface area contributed by atoms with E-state index in [1.54, 1.807) is 23.1 Å². The molecule has 5 nitrogen and oxygen atoms in total. The van der Waals surface area contributed by atoms with Gasteiger partial charge in [0.2, 0.25) is 5.91 Å². The molecule has 1 aliphatic rings. The summed E-state index contributed by atoms with van der Waals surface area (Å²) in [5, 5.41) is 9.73. The van der Waals surface area contributed by atoms with E-state index in [9.17, 15) is 18.7 Å². The number of rotatable bonds is 5. The Bertz CT molecular complexity index is 841. The topological polar surface area (TPSA) is 59.0 Å². The molecule has 1 unspecified atom stereocenters. The molecule has 0 aromatic heterocycles. The average Bonchev–Trinajstić information content (AvgIpc) is 2.62. The molecule has 27 heavy (non-hydrogen) atoms. The minimum Gasteiger partial charge on any atom is -0.508 e. The van der Waals surface area contributed by atoms with Gasteiger partial charge in [-0.1, -0.05) is 12.1 Å². The molecule has 0 saturated heterocycles. The van der Waals surface area contributed by atoms with Gasteiger partial charge in [0.15, 0.2) is 11.5 Å². The van der Waals surface area contributed by atoms with Crippen molar-refractivity contribution >= 4 is 5.91 Å². The highest BCUT2D eigenvalue weighted by molar-refractivity contribution is 5.80. The summed E-state index contributed by atoms with van der Waals surface area (Å²) in [6, 6.07) is 9.59. The number of carbonyl (C=O) groups is 1. The Morgan fingerprint density at radius 2 is 2.04 bits per heavy atom. The van der Waals surface area contributed by atoms with Crippen LogP contribution in [0.2, 0.25) is 0 Å². The van der Waals surface area contributed by atoms with E-state index in [4.69, 9.17) is 4.74 Å². The van der Waals surface area contributed by atoms with Gasteiger partial charge in [-0.05, 0) is 54.3 Å². The van der Waals surface area contributed by atoms with E-state index in [1.165, 1.54) is 19.2 Å². The first kappa shape index (κ1) is 18.9. The van der Waals surface area contributed by atoms with Gasteiger partial charge in [0.05, 0.1) is 19.6 Å². The van der Waals surface area contributed by atoms with Crippen molar-refractivity contribution in [3.05, 3.63) is 53.1 Å². The highest BCUT2D eigenvalue weighted by Crippen LogP contribution is 2.33. The molecule has 0 aliphatic carbocycles. The molecule has 3 rings (SSSR count). The minimum atomic E-state index is -2.98. The molecule has 7 heteroatoms. The maximum absolute atomic E-state index is 12.8. The predicted molar refractivity (Wildman–Crippen MR) is 95.3 cm³/mol. The fourth-order valence-electron chi connectivity index (χ4n) is 3.44. The second-order valence-corrected chi connectivity index (χ2v) is 6.44. The third-order valence-corrected chi connectivity index (χ3v) is 4.79. The number of amides is 1. The molecule has 1 amide bonds. The monoisotopic (exact) mass is 377 g/mol. The van der Waals surface area contributed by atoms with E-state index in [2.05, 4.69) is 4.74 Å². The zero-order chi connectivity index (χ0) is 19.6. The van der Waals surface area contributed by atoms with Crippen molar-refractivity contribution in [3.63, 3.8) is 0 Å². The van der Waals surface area contributed by atoms with Crippen molar-refractivity contribution < 1.29 is 28.2 Å². The second kappa shape index (κ2) is 7.82. The number of aromatic hydroxyl groups is 1. The summed E-state index contributed by atoms with van der Waals surface area (Å²) >= 11 is 0. The lowest BCUT2D eigenvalue weighted by atomic mass is 9.92. The maximum Gasteiger partial charge on any atom is 0.387 e. The highest BCUT2D eigenvalue weighted by Gasteiger charge is 2.28. The number of hydrogen-bond donors (Lipinski definition) is 1. The first-order chi connectivity index (χ1) is 12.9. The molecule has 1 N–H and O–H groups in total. The predicted octanol–water partition coefficient (Wildman–Crippen LogP) is 3.69. The minimum absolute atomic E-state index is 0.0576. The van der Waals surface area contributed by atoms with Gasteiger partial charge in [0, 0.05) is 6.54 Å². The van der Waals surface area contributed by atoms with Crippen LogP contribution in [0.25, 0.3) is 0 Å². The third kappa shape index (κ3) is 4.13. The molecule has 1 aliphatic heterocycles. The largest absolute Gasteiger partial charge is 0.508 e. The first-order valence-corrected chi connectivity index (χ1v) is 8.62. The molecule has 2 aromatic carbocycles. The van der Waals surface area contributed by atoms with Crippen molar-refractivity contribution in [2.45, 2.75) is 32.4 Å². The number of methoxy groups -OCH3 is 1. The quantitative estimate of drug-likeness (QED) is 0.863. The molecule has 0 bridgehead atoms. The van der Waals surface area contributed by atoms with Crippen LogP contribution < -0.4 is 9.47 Å². The molecule has 0 spiro atoms. The van der Waals surface area contributed by atoms with E-state index in [0.717, 1.165) is 11.1 Å². The van der Waals surface area contributed by atoms with Gasteiger partial charge >= 0.3 is 6.61 Å². The summed E-state index contributed by atoms with van der Waals surface area (Å²) in [6.45, 7) is -0.501. The van der Waals surface area contributed by atoms with E-state index < -0.39 is 6.61 Å². The summed E-state index contributed by atoms with van der Waals surface area (Å²) in [5.74, 6) is 0.130. The van der Waals surface area contributed by atoms with Gasteiger partial charge in [0.25, 0.3) is 0 Å². The number of phenols is 1. The average molecular weight is 377 g/mol. The fourth-order valence-corrected chi connectivity index (χ4v) is 3.44. The van der Waals surface area contributed by atoms with Crippen molar-refractivity contribution in [3.8, 4) is 17.2 Å². The molecule has 0 saturated carbocycles. The van der Waals surface area contributed by atoms with Crippen LogP contribution in [-0.4, -0.2) is 36.2 Å². The standard InChI is InChI=1S/C20H21F2NO4/c1-12-16-11-15(24)5-4-14(16)7-8-23(12)19(25)10-13-3-6-17(26-2)18(9-13)27-20(21)22/h3-6,9,11-12,20,24H,7-8,10H2,1-2H3. The normalized spacial score (nSPS) is 16.2. The number of phenolic OH excluding ortho intramolecular Hbond substituents is 1. The van der Waals surface area contributed by atoms with Crippen LogP contribution in [0.15, 0.2) is 36.4 Å². The molecule has 1 atom stereocenters. The zero-order valence-corrected chi connectivity index (χ0v) is 15.1. The van der Waals surface area contributed by atoms with Crippen LogP contribution in [0.3, 0.4) is 0 Å². The van der Waals surface area contributed by atoms with Crippen LogP contribution in [0, 0.1) is 0 Å². The number of nitrogens with zero attached hydrogens (tertiary/aromatic N) is 1. The summed E-state index contributed by atoms with van der Waals surface area (Å²) in [5.41, 5.74) is 2.60. The fraction of sp³-hybridized carbons (Fsp3) is 0.350. The van der Waals surface area contributed by atoms with E-state index in [1.807, 2.05) is 13.0 Å². The Morgan fingerprint density at radius 3 is 2.74 bits per heavy atom. The van der Waals surface area contributed by atoms with Crippen molar-refractivity contribution in [2.24, 2.45) is 0 Å². The SMILES string of the molecule is COc1ccc(CC(=O)N2CCc3ccc(O)cc3C2C)cc1OC(F)F. The Hall–Kier alpha value is -2.83. The number of carbonyl (C=O) groups excluding carboxylic acids is 1. The molecule has 2 aromatic rings. The molecule has 0 radical (unpaired) electrons. The molecular weight excluding hydrogens is 356 g/mol. The highest BCUT2D eigenvalue weighted by atomic mass is 19.3. The molecule has 144 valence electrons. The number of hydrogen-bond acceptors (Lipinski definition) is 4. The Morgan fingerprint density at radius 1 is 1.26 bits per heavy atom. The number of halogens is 2. The smallest absolute Gasteiger partial charge is 0.387 e. The summed E-state index contributed by atoms with van der Waals surface area (Å²) in [4.78, 5) is 14.5. The Kier molecular flexibility index (Phi) is 5.48. The van der Waals surface area contributed by atoms with Gasteiger partial charge in [-0.25, -0.2) is 0 Å². The van der Waals surface area contributed by atoms with E-state index in [0.29, 0.717) is 18.5 Å². The summed E-state index contributed by atoms with van der Waals surface area (Å²) in [6.07, 6.45) is 0.760. The van der Waals surface area contributed by atoms with E-state index in [-0.39, 0.29) is 35.6 Å². The van der Waals surface area contributed by atoms with Crippen molar-refractivity contribution in [1.82, 2.24) is 4.90 Å². The lowest BCUT2D eigenvalue weighted by molar-refractivity contribution is -0.133. The summed E-state index contributed by atoms with van der Waals surface area (Å²) < 4.78 is 34.6. The van der Waals surface area contributed by atoms with Crippen molar-refractivity contribution in [2.75, 3.05) is 13.7 Å². The van der Waals surface area contributed by atoms with Crippen LogP contribution in [0.1, 0.15) is 29.7 Å². The van der Waals surface area contributed by atoms with Crippen LogP contribution in [0.4, 0.5) is 8.78 Å². The Labute approximate surface area is 156 Å². The number of fused-ring (bicyclic) bond motifs is 1. The lowest BCUT2D eigenvalue weighted by Crippen LogP contribution is -2.39. The number of alkyl halides is 2. The van der Waals surface area contributed by atoms with Gasteiger partial charge in [-0.3, -0.25) is 4.79 Å². The van der Waals surface area contributed by atoms with Crippen LogP contribution >= 0.6 is 0 Å². The molecule has 1 heterocycles. The van der Waals surface area contributed by atoms with Crippen LogP contribution in [-0.2, 0) is 17.6 Å². The number of benzene rings is 2. The first-order valence-electron chi connectivity index (χ1n) is 8.62. The van der Waals surface area contributed by atoms with Crippen molar-refractivity contribution in [1.29, 1.82) is 0 Å². The van der Waals surface area contributed by atoms with Gasteiger partial charge < -0.3 is 19.5 Å². The van der Waals surface area contributed by atoms with Gasteiger partial charge in [0.1, 0.15) is 5.75 Å². The van der Waals surface area contributed by atoms with Gasteiger partial charge in [-0.15, -0.1) is 0 Å². The lowest BCUT2D eigenvalue weighted by Gasteiger charge is -2.35. The van der Waals surface area contributed by atoms with Gasteiger partial charge in [-0.2, -0.15) is 8.78 Å². The number of ether oxygens (including phenoxy) is 2. The van der Waals surface area contributed by atoms with E-state index >= 15 is 0 Å². The summed E-state index contributed by atoms with van der Waals surface area (Å²) in [7, 11) is 1.36. The second-order valence-electron chi connectivity index (χ2n) is 6.44. The molecular formula is C20H21F2NO4. The zero-order valence-electron chi connectivity index (χ0n) is 15.1. The maximum atomic E-state index is 12.8. The Balaban J connectivity index is 1.77.